The zero-order valence-electron chi connectivity index (χ0n) is 22.2. The molecule has 5 rings (SSSR count). The first-order valence-corrected chi connectivity index (χ1v) is 13.7. The van der Waals surface area contributed by atoms with Crippen molar-refractivity contribution in [2.24, 2.45) is 56.2 Å². The van der Waals surface area contributed by atoms with E-state index in [9.17, 15) is 9.59 Å². The van der Waals surface area contributed by atoms with Crippen LogP contribution < -0.4 is 0 Å². The smallest absolute Gasteiger partial charge is 0.139 e. The molecule has 0 aromatic rings. The number of carbonyl (C=O) groups excluding carboxylic acids is 2. The van der Waals surface area contributed by atoms with Gasteiger partial charge >= 0.3 is 0 Å². The fourth-order valence-electron chi connectivity index (χ4n) is 11.0. The molecule has 0 aromatic heterocycles. The van der Waals surface area contributed by atoms with E-state index in [0.29, 0.717) is 39.6 Å². The van der Waals surface area contributed by atoms with Gasteiger partial charge in [-0.25, -0.2) is 0 Å². The molecule has 180 valence electrons. The van der Waals surface area contributed by atoms with E-state index in [4.69, 9.17) is 0 Å². The fourth-order valence-corrected chi connectivity index (χ4v) is 11.0. The maximum absolute atomic E-state index is 13.0. The molecule has 9 unspecified atom stereocenters. The van der Waals surface area contributed by atoms with Crippen LogP contribution in [0.1, 0.15) is 120 Å². The van der Waals surface area contributed by atoms with Crippen LogP contribution >= 0.6 is 0 Å². The van der Waals surface area contributed by atoms with Crippen molar-refractivity contribution < 1.29 is 9.59 Å². The largest absolute Gasteiger partial charge is 0.299 e. The third-order valence-electron chi connectivity index (χ3n) is 13.6. The van der Waals surface area contributed by atoms with Crippen LogP contribution in [0.3, 0.4) is 0 Å². The molecule has 0 amide bonds. The second kappa shape index (κ2) is 6.51. The van der Waals surface area contributed by atoms with Crippen LogP contribution in [0, 0.1) is 56.2 Å². The molecule has 0 heterocycles. The Morgan fingerprint density at radius 1 is 0.688 bits per heavy atom. The average Bonchev–Trinajstić information content (AvgIpc) is 2.70. The average molecular weight is 441 g/mol. The van der Waals surface area contributed by atoms with Gasteiger partial charge in [-0.15, -0.1) is 0 Å². The molecular formula is C30H48O2. The van der Waals surface area contributed by atoms with Crippen molar-refractivity contribution >= 4 is 11.6 Å². The summed E-state index contributed by atoms with van der Waals surface area (Å²) in [5, 5.41) is 0. The summed E-state index contributed by atoms with van der Waals surface area (Å²) in [7, 11) is 0. The lowest BCUT2D eigenvalue weighted by molar-refractivity contribution is -0.253. The summed E-state index contributed by atoms with van der Waals surface area (Å²) in [4.78, 5) is 25.7. The van der Waals surface area contributed by atoms with Crippen molar-refractivity contribution in [1.29, 1.82) is 0 Å². The Kier molecular flexibility index (Phi) is 4.70. The van der Waals surface area contributed by atoms with Crippen molar-refractivity contribution in [3.63, 3.8) is 0 Å². The molecule has 0 aliphatic heterocycles. The van der Waals surface area contributed by atoms with Crippen molar-refractivity contribution in [3.8, 4) is 0 Å². The second-order valence-electron chi connectivity index (χ2n) is 15.1. The number of fused-ring (bicyclic) bond motifs is 7. The lowest BCUT2D eigenvalue weighted by Gasteiger charge is -2.74. The van der Waals surface area contributed by atoms with Crippen molar-refractivity contribution in [1.82, 2.24) is 0 Å². The number of Topliss-reactive ketones (excluding diaryl/α,β-unsaturated/α-hetero) is 2. The molecule has 2 heteroatoms. The van der Waals surface area contributed by atoms with Crippen LogP contribution in [0.4, 0.5) is 0 Å². The highest BCUT2D eigenvalue weighted by molar-refractivity contribution is 5.85. The third-order valence-corrected chi connectivity index (χ3v) is 13.6. The topological polar surface area (TPSA) is 34.1 Å². The van der Waals surface area contributed by atoms with Gasteiger partial charge in [-0.3, -0.25) is 9.59 Å². The summed E-state index contributed by atoms with van der Waals surface area (Å²) in [6.07, 6.45) is 11.4. The molecule has 5 fully saturated rings. The molecule has 0 saturated heterocycles. The quantitative estimate of drug-likeness (QED) is 0.388. The lowest BCUT2D eigenvalue weighted by atomic mass is 9.30. The molecule has 0 spiro atoms. The Hall–Kier alpha value is -0.660. The summed E-state index contributed by atoms with van der Waals surface area (Å²) in [6.45, 7) is 19.5. The predicted octanol–water partition coefficient (Wildman–Crippen LogP) is 7.64. The van der Waals surface area contributed by atoms with Gasteiger partial charge in [-0.1, -0.05) is 55.4 Å². The summed E-state index contributed by atoms with van der Waals surface area (Å²) in [6, 6.07) is 0. The Bertz CT molecular complexity index is 857. The minimum Gasteiger partial charge on any atom is -0.299 e. The predicted molar refractivity (Wildman–Crippen MR) is 130 cm³/mol. The number of rotatable bonds is 0. The minimum absolute atomic E-state index is 0.170. The highest BCUT2D eigenvalue weighted by Crippen LogP contribution is 2.78. The van der Waals surface area contributed by atoms with Crippen LogP contribution in [-0.2, 0) is 9.59 Å². The van der Waals surface area contributed by atoms with E-state index in [1.165, 1.54) is 38.5 Å². The van der Waals surface area contributed by atoms with Gasteiger partial charge in [0.1, 0.15) is 11.6 Å². The van der Waals surface area contributed by atoms with Gasteiger partial charge in [0.25, 0.3) is 0 Å². The summed E-state index contributed by atoms with van der Waals surface area (Å²) >= 11 is 0. The zero-order chi connectivity index (χ0) is 23.5. The fraction of sp³-hybridized carbons (Fsp3) is 0.933. The number of hydrogen-bond donors (Lipinski definition) is 0. The van der Waals surface area contributed by atoms with E-state index in [-0.39, 0.29) is 22.2 Å². The third kappa shape index (κ3) is 2.59. The Labute approximate surface area is 197 Å². The highest BCUT2D eigenvalue weighted by Gasteiger charge is 2.71. The summed E-state index contributed by atoms with van der Waals surface area (Å²) < 4.78 is 0. The Morgan fingerprint density at radius 2 is 1.31 bits per heavy atom. The van der Waals surface area contributed by atoms with Gasteiger partial charge < -0.3 is 0 Å². The normalized spacial score (nSPS) is 57.1. The lowest BCUT2D eigenvalue weighted by Crippen LogP contribution is -2.68. The van der Waals surface area contributed by atoms with E-state index in [1.807, 2.05) is 0 Å². The molecule has 2 nitrogen and oxygen atoms in total. The number of carbonyl (C=O) groups is 2. The van der Waals surface area contributed by atoms with Gasteiger partial charge in [0.05, 0.1) is 0 Å². The van der Waals surface area contributed by atoms with E-state index in [2.05, 4.69) is 55.4 Å². The van der Waals surface area contributed by atoms with E-state index in [1.54, 1.807) is 0 Å². The van der Waals surface area contributed by atoms with Crippen LogP contribution in [0.2, 0.25) is 0 Å². The molecule has 0 bridgehead atoms. The van der Waals surface area contributed by atoms with Crippen LogP contribution in [0.5, 0.6) is 0 Å². The maximum Gasteiger partial charge on any atom is 0.139 e. The molecule has 0 radical (unpaired) electrons. The monoisotopic (exact) mass is 440 g/mol. The SMILES string of the molecule is CC1C(=O)CCC2C1(C)CCC1C2(C)CCC2(C)C3CC(C)(C)C(=O)CC3(C)CCC12C. The molecule has 32 heavy (non-hydrogen) atoms. The number of hydrogen-bond acceptors (Lipinski definition) is 2. The van der Waals surface area contributed by atoms with Gasteiger partial charge in [0.2, 0.25) is 0 Å². The molecule has 9 atom stereocenters. The van der Waals surface area contributed by atoms with Crippen molar-refractivity contribution in [2.75, 3.05) is 0 Å². The van der Waals surface area contributed by atoms with Gasteiger partial charge in [0.15, 0.2) is 0 Å². The van der Waals surface area contributed by atoms with E-state index < -0.39 is 0 Å². The molecule has 5 aliphatic carbocycles. The van der Waals surface area contributed by atoms with E-state index >= 15 is 0 Å². The van der Waals surface area contributed by atoms with Gasteiger partial charge in [-0.2, -0.15) is 0 Å². The first-order chi connectivity index (χ1) is 14.6. The first kappa shape index (κ1) is 23.1. The van der Waals surface area contributed by atoms with Gasteiger partial charge in [-0.05, 0) is 96.2 Å². The second-order valence-corrected chi connectivity index (χ2v) is 15.1. The molecular weight excluding hydrogens is 392 g/mol. The van der Waals surface area contributed by atoms with Crippen LogP contribution in [-0.4, -0.2) is 11.6 Å². The van der Waals surface area contributed by atoms with Crippen LogP contribution in [0.25, 0.3) is 0 Å². The maximum atomic E-state index is 13.0. The number of ketones is 2. The van der Waals surface area contributed by atoms with E-state index in [0.717, 1.165) is 31.6 Å². The molecule has 0 N–H and O–H groups in total. The summed E-state index contributed by atoms with van der Waals surface area (Å²) in [5.74, 6) is 3.31. The molecule has 5 saturated carbocycles. The Morgan fingerprint density at radius 3 is 2.00 bits per heavy atom. The first-order valence-electron chi connectivity index (χ1n) is 13.7. The van der Waals surface area contributed by atoms with Crippen molar-refractivity contribution in [2.45, 2.75) is 120 Å². The highest BCUT2D eigenvalue weighted by atomic mass is 16.1. The van der Waals surface area contributed by atoms with Crippen LogP contribution in [0.15, 0.2) is 0 Å². The minimum atomic E-state index is -0.170. The van der Waals surface area contributed by atoms with Crippen molar-refractivity contribution in [3.05, 3.63) is 0 Å². The molecule has 5 aliphatic rings. The standard InChI is InChI=1S/C30H48O2/c1-19-20(31)9-10-21-27(19,5)12-11-22-28(21,6)14-16-30(8)23-17-25(2,3)24(32)18-26(23,4)13-15-29(22,30)7/h19,21-23H,9-18H2,1-8H3. The zero-order valence-corrected chi connectivity index (χ0v) is 22.2. The summed E-state index contributed by atoms with van der Waals surface area (Å²) in [5.41, 5.74) is 1.20. The Balaban J connectivity index is 1.55. The van der Waals surface area contributed by atoms with Gasteiger partial charge in [0, 0.05) is 24.2 Å². The molecule has 0 aromatic carbocycles.